The van der Waals surface area contributed by atoms with E-state index in [0.717, 1.165) is 35.2 Å². The standard InChI is InChI=1S/C44H52N4O6S/c1-30-14-9-10-20-37(30)47-26-12-11-19-35(42(47)51)45-40(49)33(28-31-15-5-3-6-16-31)23-24-34(29-32-17-7-4-8-18-32)41(50)46-36-25-27-55-39-22-13-21-38(44(53)54-2)48(39)43(36)52/h3-12,14-18,20,33-36,38-39H,13,19,21-29H2,1-2H3,(H,45,49)(H,46,50)/t33-,34-,35+,36+,38+,39+/m1/s1. The van der Waals surface area contributed by atoms with Crippen molar-refractivity contribution in [2.45, 2.75) is 88.2 Å². The molecule has 11 heteroatoms. The van der Waals surface area contributed by atoms with E-state index < -0.39 is 35.9 Å². The van der Waals surface area contributed by atoms with Gasteiger partial charge in [0.25, 0.3) is 0 Å². The van der Waals surface area contributed by atoms with E-state index in [9.17, 15) is 24.0 Å². The normalized spacial score (nSPS) is 22.4. The van der Waals surface area contributed by atoms with Crippen LogP contribution in [0, 0.1) is 18.8 Å². The number of methoxy groups -OCH3 is 1. The van der Waals surface area contributed by atoms with Gasteiger partial charge in [-0.25, -0.2) is 4.79 Å². The number of esters is 1. The molecule has 0 spiro atoms. The molecular weight excluding hydrogens is 713 g/mol. The maximum atomic E-state index is 14.3. The fourth-order valence-corrected chi connectivity index (χ4v) is 9.36. The molecule has 3 aliphatic heterocycles. The van der Waals surface area contributed by atoms with Gasteiger partial charge in [-0.3, -0.25) is 19.2 Å². The molecule has 0 radical (unpaired) electrons. The second-order valence-electron chi connectivity index (χ2n) is 14.7. The Balaban J connectivity index is 1.20. The van der Waals surface area contributed by atoms with Crippen molar-refractivity contribution in [3.63, 3.8) is 0 Å². The predicted molar refractivity (Wildman–Crippen MR) is 215 cm³/mol. The van der Waals surface area contributed by atoms with Gasteiger partial charge < -0.3 is 25.2 Å². The van der Waals surface area contributed by atoms with Crippen molar-refractivity contribution in [2.75, 3.05) is 24.3 Å². The van der Waals surface area contributed by atoms with Crippen LogP contribution < -0.4 is 15.5 Å². The largest absolute Gasteiger partial charge is 0.467 e. The van der Waals surface area contributed by atoms with Gasteiger partial charge in [0.2, 0.25) is 23.6 Å². The molecule has 290 valence electrons. The first kappa shape index (κ1) is 39.8. The number of hydrogen-bond donors (Lipinski definition) is 2. The van der Waals surface area contributed by atoms with Gasteiger partial charge >= 0.3 is 5.97 Å². The summed E-state index contributed by atoms with van der Waals surface area (Å²) in [6, 6.07) is 25.1. The molecule has 3 aromatic carbocycles. The fraction of sp³-hybridized carbons (Fsp3) is 0.432. The van der Waals surface area contributed by atoms with Crippen LogP contribution in [0.3, 0.4) is 0 Å². The number of aryl methyl sites for hydroxylation is 1. The second kappa shape index (κ2) is 19.1. The zero-order valence-corrected chi connectivity index (χ0v) is 32.5. The number of hydrogen-bond acceptors (Lipinski definition) is 7. The number of piperidine rings is 1. The summed E-state index contributed by atoms with van der Waals surface area (Å²) in [7, 11) is 1.34. The number of para-hydroxylation sites is 1. The van der Waals surface area contributed by atoms with Crippen LogP contribution in [0.1, 0.15) is 61.6 Å². The Kier molecular flexibility index (Phi) is 13.8. The molecule has 2 fully saturated rings. The molecule has 0 unspecified atom stereocenters. The number of nitrogens with zero attached hydrogens (tertiary/aromatic N) is 2. The van der Waals surface area contributed by atoms with E-state index in [1.807, 2.05) is 104 Å². The SMILES string of the molecule is COC(=O)[C@@H]1CCC[C@@H]2SCC[C@H](NC(=O)[C@H](CC[C@H](Cc3ccccc3)C(=O)N[C@H]3CC=CCN(c4ccccc4C)C3=O)Cc3ccccc3)C(=O)N21. The van der Waals surface area contributed by atoms with Gasteiger partial charge in [-0.05, 0) is 93.2 Å². The number of benzene rings is 3. The summed E-state index contributed by atoms with van der Waals surface area (Å²) >= 11 is 1.65. The predicted octanol–water partition coefficient (Wildman–Crippen LogP) is 5.77. The Morgan fingerprint density at radius 3 is 1.98 bits per heavy atom. The zero-order valence-electron chi connectivity index (χ0n) is 31.7. The molecule has 10 nitrogen and oxygen atoms in total. The molecule has 0 bridgehead atoms. The first-order valence-corrected chi connectivity index (χ1v) is 20.5. The third kappa shape index (κ3) is 10.1. The molecule has 0 aliphatic carbocycles. The highest BCUT2D eigenvalue weighted by molar-refractivity contribution is 7.99. The number of amides is 4. The zero-order chi connectivity index (χ0) is 38.7. The lowest BCUT2D eigenvalue weighted by molar-refractivity contribution is -0.156. The first-order chi connectivity index (χ1) is 26.7. The number of anilines is 1. The summed E-state index contributed by atoms with van der Waals surface area (Å²) < 4.78 is 5.07. The minimum atomic E-state index is -0.776. The third-order valence-electron chi connectivity index (χ3n) is 11.0. The molecule has 6 rings (SSSR count). The van der Waals surface area contributed by atoms with Crippen molar-refractivity contribution in [3.8, 4) is 0 Å². The maximum absolute atomic E-state index is 14.3. The Morgan fingerprint density at radius 1 is 0.764 bits per heavy atom. The average Bonchev–Trinajstić information content (AvgIpc) is 3.48. The van der Waals surface area contributed by atoms with Crippen molar-refractivity contribution in [1.82, 2.24) is 15.5 Å². The topological polar surface area (TPSA) is 125 Å². The van der Waals surface area contributed by atoms with E-state index in [4.69, 9.17) is 4.74 Å². The van der Waals surface area contributed by atoms with Crippen molar-refractivity contribution >= 4 is 47.0 Å². The third-order valence-corrected chi connectivity index (χ3v) is 12.3. The van der Waals surface area contributed by atoms with Crippen LogP contribution in [-0.4, -0.2) is 77.4 Å². The van der Waals surface area contributed by atoms with Gasteiger partial charge in [0.05, 0.1) is 12.5 Å². The summed E-state index contributed by atoms with van der Waals surface area (Å²) in [5.41, 5.74) is 3.75. The molecule has 6 atom stereocenters. The summed E-state index contributed by atoms with van der Waals surface area (Å²) in [6.45, 7) is 2.39. The lowest BCUT2D eigenvalue weighted by atomic mass is 9.86. The molecule has 55 heavy (non-hydrogen) atoms. The van der Waals surface area contributed by atoms with Gasteiger partial charge in [-0.15, -0.1) is 11.8 Å². The van der Waals surface area contributed by atoms with Gasteiger partial charge in [0.15, 0.2) is 0 Å². The van der Waals surface area contributed by atoms with E-state index in [1.54, 1.807) is 21.6 Å². The highest BCUT2D eigenvalue weighted by atomic mass is 32.2. The molecular formula is C44H52N4O6S. The molecule has 3 aliphatic rings. The smallest absolute Gasteiger partial charge is 0.328 e. The van der Waals surface area contributed by atoms with Crippen molar-refractivity contribution in [3.05, 3.63) is 114 Å². The lowest BCUT2D eigenvalue weighted by Crippen LogP contribution is -2.57. The number of carbonyl (C=O) groups is 5. The molecule has 3 heterocycles. The van der Waals surface area contributed by atoms with Crippen LogP contribution in [0.5, 0.6) is 0 Å². The summed E-state index contributed by atoms with van der Waals surface area (Å²) in [4.78, 5) is 72.7. The number of nitrogens with one attached hydrogen (secondary N) is 2. The van der Waals surface area contributed by atoms with Gasteiger partial charge in [0, 0.05) is 24.1 Å². The Hall–Kier alpha value is -4.90. The van der Waals surface area contributed by atoms with Crippen LogP contribution in [-0.2, 0) is 41.6 Å². The highest BCUT2D eigenvalue weighted by Crippen LogP contribution is 2.35. The van der Waals surface area contributed by atoms with Crippen LogP contribution in [0.25, 0.3) is 0 Å². The van der Waals surface area contributed by atoms with E-state index in [1.165, 1.54) is 7.11 Å². The summed E-state index contributed by atoms with van der Waals surface area (Å²) in [6.07, 6.45) is 8.52. The van der Waals surface area contributed by atoms with Crippen LogP contribution >= 0.6 is 11.8 Å². The van der Waals surface area contributed by atoms with Crippen LogP contribution in [0.2, 0.25) is 0 Å². The Bertz CT molecular complexity index is 1840. The van der Waals surface area contributed by atoms with Gasteiger partial charge in [0.1, 0.15) is 18.1 Å². The van der Waals surface area contributed by atoms with E-state index >= 15 is 0 Å². The van der Waals surface area contributed by atoms with Crippen molar-refractivity contribution < 1.29 is 28.7 Å². The summed E-state index contributed by atoms with van der Waals surface area (Å²) in [5, 5.41) is 6.06. The molecule has 2 saturated heterocycles. The fourth-order valence-electron chi connectivity index (χ4n) is 7.98. The molecule has 4 amide bonds. The average molecular weight is 765 g/mol. The van der Waals surface area contributed by atoms with Crippen molar-refractivity contribution in [1.29, 1.82) is 0 Å². The van der Waals surface area contributed by atoms with Crippen LogP contribution in [0.4, 0.5) is 5.69 Å². The molecule has 3 aromatic rings. The molecule has 0 aromatic heterocycles. The molecule has 2 N–H and O–H groups in total. The number of carbonyl (C=O) groups excluding carboxylic acids is 5. The van der Waals surface area contributed by atoms with E-state index in [-0.39, 0.29) is 29.0 Å². The quantitative estimate of drug-likeness (QED) is 0.167. The minimum Gasteiger partial charge on any atom is -0.467 e. The highest BCUT2D eigenvalue weighted by Gasteiger charge is 2.44. The number of fused-ring (bicyclic) bond motifs is 1. The Labute approximate surface area is 328 Å². The summed E-state index contributed by atoms with van der Waals surface area (Å²) in [5.74, 6) is -1.72. The lowest BCUT2D eigenvalue weighted by Gasteiger charge is -2.40. The maximum Gasteiger partial charge on any atom is 0.328 e. The first-order valence-electron chi connectivity index (χ1n) is 19.5. The Morgan fingerprint density at radius 2 is 1.36 bits per heavy atom. The van der Waals surface area contributed by atoms with E-state index in [0.29, 0.717) is 57.2 Å². The van der Waals surface area contributed by atoms with Gasteiger partial charge in [-0.2, -0.15) is 0 Å². The van der Waals surface area contributed by atoms with Crippen LogP contribution in [0.15, 0.2) is 97.1 Å². The minimum absolute atomic E-state index is 0.135. The monoisotopic (exact) mass is 764 g/mol. The van der Waals surface area contributed by atoms with E-state index in [2.05, 4.69) is 10.6 Å². The molecule has 0 saturated carbocycles. The number of thioether (sulfide) groups is 1. The van der Waals surface area contributed by atoms with Crippen molar-refractivity contribution in [2.24, 2.45) is 11.8 Å². The number of rotatable bonds is 13. The van der Waals surface area contributed by atoms with Gasteiger partial charge in [-0.1, -0.05) is 91.0 Å². The number of ether oxygens (including phenoxy) is 1. The second-order valence-corrected chi connectivity index (χ2v) is 16.0.